The molecule has 6 heteroatoms. The maximum absolute atomic E-state index is 6.42. The Bertz CT molecular complexity index is 659. The van der Waals surface area contributed by atoms with Crippen molar-refractivity contribution in [2.75, 3.05) is 34.0 Å². The zero-order valence-corrected chi connectivity index (χ0v) is 14.9. The summed E-state index contributed by atoms with van der Waals surface area (Å²) in [5.41, 5.74) is 1.04. The number of benzene rings is 1. The Labute approximate surface area is 147 Å². The number of furan rings is 1. The van der Waals surface area contributed by atoms with E-state index in [4.69, 9.17) is 25.5 Å². The summed E-state index contributed by atoms with van der Waals surface area (Å²) in [6.45, 7) is 3.76. The minimum Gasteiger partial charge on any atom is -0.468 e. The van der Waals surface area contributed by atoms with Crippen molar-refractivity contribution in [1.82, 2.24) is 9.80 Å². The molecule has 0 atom stereocenters. The van der Waals surface area contributed by atoms with Crippen LogP contribution in [0.25, 0.3) is 0 Å². The molecule has 0 bridgehead atoms. The van der Waals surface area contributed by atoms with E-state index in [1.807, 2.05) is 24.3 Å². The molecule has 0 saturated heterocycles. The Hall–Kier alpha value is -1.69. The van der Waals surface area contributed by atoms with E-state index in [9.17, 15) is 0 Å². The van der Waals surface area contributed by atoms with E-state index in [2.05, 4.69) is 23.9 Å². The SMILES string of the molecule is CN(C)CCCN(Cc1ccco1)Cc1cc2c(cc1Cl)OCO2. The summed E-state index contributed by atoms with van der Waals surface area (Å²) < 4.78 is 16.3. The monoisotopic (exact) mass is 350 g/mol. The van der Waals surface area contributed by atoms with Crippen LogP contribution in [0.15, 0.2) is 34.9 Å². The van der Waals surface area contributed by atoms with Gasteiger partial charge in [-0.2, -0.15) is 0 Å². The maximum atomic E-state index is 6.42. The minimum atomic E-state index is 0.258. The van der Waals surface area contributed by atoms with E-state index in [-0.39, 0.29) is 6.79 Å². The lowest BCUT2D eigenvalue weighted by Crippen LogP contribution is -2.26. The highest BCUT2D eigenvalue weighted by atomic mass is 35.5. The fraction of sp³-hybridized carbons (Fsp3) is 0.444. The molecule has 3 rings (SSSR count). The number of ether oxygens (including phenoxy) is 2. The van der Waals surface area contributed by atoms with Gasteiger partial charge in [0.25, 0.3) is 0 Å². The van der Waals surface area contributed by atoms with Gasteiger partial charge in [-0.3, -0.25) is 4.90 Å². The number of hydrogen-bond acceptors (Lipinski definition) is 5. The number of halogens is 1. The van der Waals surface area contributed by atoms with Gasteiger partial charge in [0.1, 0.15) is 5.76 Å². The van der Waals surface area contributed by atoms with E-state index in [1.54, 1.807) is 6.26 Å². The van der Waals surface area contributed by atoms with Gasteiger partial charge in [0, 0.05) is 24.2 Å². The van der Waals surface area contributed by atoms with E-state index < -0.39 is 0 Å². The first kappa shape index (κ1) is 17.1. The van der Waals surface area contributed by atoms with Gasteiger partial charge in [0.15, 0.2) is 11.5 Å². The minimum absolute atomic E-state index is 0.258. The zero-order chi connectivity index (χ0) is 16.9. The van der Waals surface area contributed by atoms with Crippen LogP contribution in [-0.4, -0.2) is 43.8 Å². The van der Waals surface area contributed by atoms with Gasteiger partial charge in [-0.25, -0.2) is 0 Å². The molecule has 0 saturated carbocycles. The van der Waals surface area contributed by atoms with Crippen LogP contribution < -0.4 is 9.47 Å². The summed E-state index contributed by atoms with van der Waals surface area (Å²) in [6.07, 6.45) is 2.79. The molecule has 2 heterocycles. The normalized spacial score (nSPS) is 13.2. The summed E-state index contributed by atoms with van der Waals surface area (Å²) in [7, 11) is 4.18. The fourth-order valence-corrected chi connectivity index (χ4v) is 2.98. The fourth-order valence-electron chi connectivity index (χ4n) is 2.77. The first-order valence-corrected chi connectivity index (χ1v) is 8.47. The molecule has 130 valence electrons. The largest absolute Gasteiger partial charge is 0.468 e. The molecule has 0 amide bonds. The lowest BCUT2D eigenvalue weighted by atomic mass is 10.1. The van der Waals surface area contributed by atoms with Gasteiger partial charge in [-0.05, 0) is 50.8 Å². The van der Waals surface area contributed by atoms with Crippen LogP contribution in [0.4, 0.5) is 0 Å². The molecule has 0 aliphatic carbocycles. The number of fused-ring (bicyclic) bond motifs is 1. The van der Waals surface area contributed by atoms with Gasteiger partial charge >= 0.3 is 0 Å². The van der Waals surface area contributed by atoms with Gasteiger partial charge in [0.05, 0.1) is 12.8 Å². The van der Waals surface area contributed by atoms with E-state index in [1.165, 1.54) is 0 Å². The molecule has 0 radical (unpaired) electrons. The molecule has 1 aromatic heterocycles. The van der Waals surface area contributed by atoms with Gasteiger partial charge in [-0.1, -0.05) is 11.6 Å². The Morgan fingerprint density at radius 2 is 1.88 bits per heavy atom. The summed E-state index contributed by atoms with van der Waals surface area (Å²) in [5, 5.41) is 0.705. The van der Waals surface area contributed by atoms with Crippen LogP contribution in [0.2, 0.25) is 5.02 Å². The van der Waals surface area contributed by atoms with Gasteiger partial charge < -0.3 is 18.8 Å². The van der Waals surface area contributed by atoms with Crippen LogP contribution in [0.1, 0.15) is 17.7 Å². The van der Waals surface area contributed by atoms with Crippen molar-refractivity contribution in [3.8, 4) is 11.5 Å². The molecule has 5 nitrogen and oxygen atoms in total. The Balaban J connectivity index is 1.70. The summed E-state index contributed by atoms with van der Waals surface area (Å²) in [4.78, 5) is 4.53. The van der Waals surface area contributed by atoms with Gasteiger partial charge in [-0.15, -0.1) is 0 Å². The average molecular weight is 351 g/mol. The van der Waals surface area contributed by atoms with Crippen molar-refractivity contribution in [3.05, 3.63) is 46.9 Å². The molecule has 1 aromatic carbocycles. The smallest absolute Gasteiger partial charge is 0.231 e. The Morgan fingerprint density at radius 1 is 1.08 bits per heavy atom. The quantitative estimate of drug-likeness (QED) is 0.727. The predicted molar refractivity (Wildman–Crippen MR) is 93.6 cm³/mol. The van der Waals surface area contributed by atoms with E-state index >= 15 is 0 Å². The second-order valence-electron chi connectivity index (χ2n) is 6.24. The molecule has 0 fully saturated rings. The van der Waals surface area contributed by atoms with Gasteiger partial charge in [0.2, 0.25) is 6.79 Å². The van der Waals surface area contributed by atoms with Crippen molar-refractivity contribution >= 4 is 11.6 Å². The van der Waals surface area contributed by atoms with Crippen molar-refractivity contribution in [2.45, 2.75) is 19.5 Å². The predicted octanol–water partition coefficient (Wildman–Crippen LogP) is 3.62. The standard InChI is InChI=1S/C18H23ClN2O3/c1-20(2)6-4-7-21(12-15-5-3-8-22-15)11-14-9-17-18(10-16(14)19)24-13-23-17/h3,5,8-10H,4,6-7,11-13H2,1-2H3. The van der Waals surface area contributed by atoms with Crippen LogP contribution in [0.5, 0.6) is 11.5 Å². The zero-order valence-electron chi connectivity index (χ0n) is 14.1. The second kappa shape index (κ2) is 7.92. The maximum Gasteiger partial charge on any atom is 0.231 e. The average Bonchev–Trinajstić information content (AvgIpc) is 3.18. The highest BCUT2D eigenvalue weighted by molar-refractivity contribution is 6.31. The molecule has 0 N–H and O–H groups in total. The molecular formula is C18H23ClN2O3. The lowest BCUT2D eigenvalue weighted by Gasteiger charge is -2.23. The molecule has 1 aliphatic heterocycles. The third kappa shape index (κ3) is 4.44. The van der Waals surface area contributed by atoms with Crippen molar-refractivity contribution in [2.24, 2.45) is 0 Å². The summed E-state index contributed by atoms with van der Waals surface area (Å²) >= 11 is 6.42. The highest BCUT2D eigenvalue weighted by Crippen LogP contribution is 2.37. The van der Waals surface area contributed by atoms with Crippen LogP contribution in [-0.2, 0) is 13.1 Å². The number of rotatable bonds is 8. The van der Waals surface area contributed by atoms with Crippen molar-refractivity contribution in [3.63, 3.8) is 0 Å². The molecular weight excluding hydrogens is 328 g/mol. The molecule has 1 aliphatic rings. The van der Waals surface area contributed by atoms with Crippen LogP contribution >= 0.6 is 11.6 Å². The Kier molecular flexibility index (Phi) is 5.66. The van der Waals surface area contributed by atoms with Crippen LogP contribution in [0, 0.1) is 0 Å². The molecule has 2 aromatic rings. The lowest BCUT2D eigenvalue weighted by molar-refractivity contribution is 0.174. The third-order valence-electron chi connectivity index (χ3n) is 3.97. The molecule has 0 spiro atoms. The first-order valence-electron chi connectivity index (χ1n) is 8.09. The second-order valence-corrected chi connectivity index (χ2v) is 6.65. The Morgan fingerprint density at radius 3 is 2.58 bits per heavy atom. The third-order valence-corrected chi connectivity index (χ3v) is 4.33. The summed E-state index contributed by atoms with van der Waals surface area (Å²) in [6, 6.07) is 7.73. The number of nitrogens with zero attached hydrogens (tertiary/aromatic N) is 2. The molecule has 0 unspecified atom stereocenters. The molecule has 24 heavy (non-hydrogen) atoms. The summed E-state index contributed by atoms with van der Waals surface area (Å²) in [5.74, 6) is 2.44. The van der Waals surface area contributed by atoms with Crippen LogP contribution in [0.3, 0.4) is 0 Å². The van der Waals surface area contributed by atoms with Crippen molar-refractivity contribution < 1.29 is 13.9 Å². The van der Waals surface area contributed by atoms with Crippen molar-refractivity contribution in [1.29, 1.82) is 0 Å². The highest BCUT2D eigenvalue weighted by Gasteiger charge is 2.18. The first-order chi connectivity index (χ1) is 11.6. The van der Waals surface area contributed by atoms with E-state index in [0.29, 0.717) is 10.8 Å². The topological polar surface area (TPSA) is 38.1 Å². The number of hydrogen-bond donors (Lipinski definition) is 0. The van der Waals surface area contributed by atoms with E-state index in [0.717, 1.165) is 49.7 Å².